The topological polar surface area (TPSA) is 86.7 Å². The maximum Gasteiger partial charge on any atom is 0.324 e. The molecule has 6 heteroatoms. The third kappa shape index (κ3) is 2.96. The number of carboxylic acids is 1. The normalized spacial score (nSPS) is 30.7. The molecular weight excluding hydrogens is 344 g/mol. The van der Waals surface area contributed by atoms with Gasteiger partial charge in [0.15, 0.2) is 0 Å². The van der Waals surface area contributed by atoms with E-state index in [4.69, 9.17) is 0 Å². The SMILES string of the molecule is CCCCC1(C(=O)O)NC(c2ccccc2)C2C(=O)N(C(C)(C)C)C(=O)C21. The lowest BCUT2D eigenvalue weighted by Crippen LogP contribution is -2.57. The minimum absolute atomic E-state index is 0.279. The number of nitrogens with zero attached hydrogens (tertiary/aromatic N) is 1. The van der Waals surface area contributed by atoms with Gasteiger partial charge in [0.05, 0.1) is 11.8 Å². The molecule has 0 bridgehead atoms. The molecule has 2 aliphatic rings. The zero-order chi connectivity index (χ0) is 20.0. The number of hydrogen-bond acceptors (Lipinski definition) is 4. The van der Waals surface area contributed by atoms with E-state index >= 15 is 0 Å². The summed E-state index contributed by atoms with van der Waals surface area (Å²) in [4.78, 5) is 40.3. The monoisotopic (exact) mass is 372 g/mol. The number of nitrogens with one attached hydrogen (secondary N) is 1. The van der Waals surface area contributed by atoms with E-state index < -0.39 is 34.9 Å². The summed E-state index contributed by atoms with van der Waals surface area (Å²) in [5.74, 6) is -3.30. The van der Waals surface area contributed by atoms with Crippen LogP contribution in [0.25, 0.3) is 0 Å². The average Bonchev–Trinajstić information content (AvgIpc) is 3.08. The quantitative estimate of drug-likeness (QED) is 0.776. The summed E-state index contributed by atoms with van der Waals surface area (Å²) in [5, 5.41) is 13.4. The second-order valence-corrected chi connectivity index (χ2v) is 8.60. The molecular formula is C21H28N2O4. The number of carbonyl (C=O) groups is 3. The molecule has 4 atom stereocenters. The number of carbonyl (C=O) groups excluding carboxylic acids is 2. The lowest BCUT2D eigenvalue weighted by atomic mass is 9.76. The van der Waals surface area contributed by atoms with E-state index in [0.29, 0.717) is 12.8 Å². The molecule has 0 radical (unpaired) electrons. The lowest BCUT2D eigenvalue weighted by molar-refractivity contribution is -0.154. The van der Waals surface area contributed by atoms with Crippen LogP contribution in [0.3, 0.4) is 0 Å². The Morgan fingerprint density at radius 2 is 1.81 bits per heavy atom. The number of aliphatic carboxylic acids is 1. The molecule has 146 valence electrons. The Labute approximate surface area is 159 Å². The van der Waals surface area contributed by atoms with Crippen LogP contribution in [0.2, 0.25) is 0 Å². The molecule has 0 spiro atoms. The molecule has 2 fully saturated rings. The van der Waals surface area contributed by atoms with Gasteiger partial charge in [-0.25, -0.2) is 0 Å². The number of imide groups is 1. The van der Waals surface area contributed by atoms with Gasteiger partial charge in [-0.15, -0.1) is 0 Å². The summed E-state index contributed by atoms with van der Waals surface area (Å²) in [6.07, 6.45) is 1.80. The third-order valence-corrected chi connectivity index (χ3v) is 5.79. The van der Waals surface area contributed by atoms with E-state index in [2.05, 4.69) is 5.32 Å². The predicted octanol–water partition coefficient (Wildman–Crippen LogP) is 2.74. The van der Waals surface area contributed by atoms with Gasteiger partial charge < -0.3 is 5.11 Å². The number of unbranched alkanes of at least 4 members (excludes halogenated alkanes) is 1. The van der Waals surface area contributed by atoms with Crippen LogP contribution in [0.5, 0.6) is 0 Å². The van der Waals surface area contributed by atoms with Gasteiger partial charge >= 0.3 is 5.97 Å². The van der Waals surface area contributed by atoms with Gasteiger partial charge in [0.25, 0.3) is 0 Å². The molecule has 0 aliphatic carbocycles. The summed E-state index contributed by atoms with van der Waals surface area (Å²) in [7, 11) is 0. The number of benzene rings is 1. The molecule has 0 saturated carbocycles. The number of carboxylic acid groups (broad SMARTS) is 1. The highest BCUT2D eigenvalue weighted by Gasteiger charge is 2.69. The molecule has 4 unspecified atom stereocenters. The molecule has 1 aromatic rings. The fraction of sp³-hybridized carbons (Fsp3) is 0.571. The maximum atomic E-state index is 13.3. The lowest BCUT2D eigenvalue weighted by Gasteiger charge is -2.35. The Hall–Kier alpha value is -2.21. The fourth-order valence-corrected chi connectivity index (χ4v) is 4.60. The largest absolute Gasteiger partial charge is 0.480 e. The van der Waals surface area contributed by atoms with Crippen LogP contribution < -0.4 is 5.32 Å². The molecule has 3 rings (SSSR count). The molecule has 1 aromatic carbocycles. The van der Waals surface area contributed by atoms with Crippen LogP contribution in [-0.2, 0) is 14.4 Å². The van der Waals surface area contributed by atoms with Gasteiger partial charge in [-0.1, -0.05) is 50.1 Å². The van der Waals surface area contributed by atoms with Crippen molar-refractivity contribution in [3.05, 3.63) is 35.9 Å². The Balaban J connectivity index is 2.15. The Kier molecular flexibility index (Phi) is 4.89. The number of fused-ring (bicyclic) bond motifs is 1. The molecule has 2 aliphatic heterocycles. The van der Waals surface area contributed by atoms with Crippen molar-refractivity contribution in [2.24, 2.45) is 11.8 Å². The minimum atomic E-state index is -1.42. The molecule has 27 heavy (non-hydrogen) atoms. The number of rotatable bonds is 5. The van der Waals surface area contributed by atoms with Crippen molar-refractivity contribution in [3.8, 4) is 0 Å². The van der Waals surface area contributed by atoms with Gasteiger partial charge in [-0.05, 0) is 32.8 Å². The first-order valence-corrected chi connectivity index (χ1v) is 9.59. The predicted molar refractivity (Wildman–Crippen MR) is 101 cm³/mol. The van der Waals surface area contributed by atoms with E-state index in [1.54, 1.807) is 0 Å². The van der Waals surface area contributed by atoms with Gasteiger partial charge in [-0.2, -0.15) is 0 Å². The van der Waals surface area contributed by atoms with Crippen molar-refractivity contribution in [2.75, 3.05) is 0 Å². The second kappa shape index (κ2) is 6.75. The van der Waals surface area contributed by atoms with Gasteiger partial charge in [0, 0.05) is 11.6 Å². The van der Waals surface area contributed by atoms with E-state index in [9.17, 15) is 19.5 Å². The molecule has 2 amide bonds. The van der Waals surface area contributed by atoms with E-state index in [0.717, 1.165) is 12.0 Å². The zero-order valence-electron chi connectivity index (χ0n) is 16.4. The number of amides is 2. The standard InChI is InChI=1S/C21H28N2O4/c1-5-6-12-21(19(26)27)15-14(16(22-21)13-10-8-7-9-11-13)17(24)23(18(15)25)20(2,3)4/h7-11,14-16,22H,5-6,12H2,1-4H3,(H,26,27). The van der Waals surface area contributed by atoms with E-state index in [-0.39, 0.29) is 11.8 Å². The van der Waals surface area contributed by atoms with Crippen molar-refractivity contribution >= 4 is 17.8 Å². The molecule has 2 saturated heterocycles. The van der Waals surface area contributed by atoms with E-state index in [1.807, 2.05) is 58.0 Å². The minimum Gasteiger partial charge on any atom is -0.480 e. The molecule has 2 heterocycles. The van der Waals surface area contributed by atoms with Crippen molar-refractivity contribution in [1.29, 1.82) is 0 Å². The van der Waals surface area contributed by atoms with Crippen LogP contribution >= 0.6 is 0 Å². The first-order valence-electron chi connectivity index (χ1n) is 9.59. The second-order valence-electron chi connectivity index (χ2n) is 8.60. The maximum absolute atomic E-state index is 13.3. The molecule has 6 nitrogen and oxygen atoms in total. The highest BCUT2D eigenvalue weighted by Crippen LogP contribution is 2.51. The summed E-state index contributed by atoms with van der Waals surface area (Å²) in [5.41, 5.74) is -1.27. The van der Waals surface area contributed by atoms with Crippen LogP contribution in [0.4, 0.5) is 0 Å². The summed E-state index contributed by atoms with van der Waals surface area (Å²) < 4.78 is 0. The smallest absolute Gasteiger partial charge is 0.324 e. The van der Waals surface area contributed by atoms with Crippen LogP contribution in [0.1, 0.15) is 58.6 Å². The van der Waals surface area contributed by atoms with Gasteiger partial charge in [-0.3, -0.25) is 24.6 Å². The van der Waals surface area contributed by atoms with Crippen molar-refractivity contribution in [3.63, 3.8) is 0 Å². The number of likely N-dealkylation sites (tertiary alicyclic amines) is 1. The molecule has 2 N–H and O–H groups in total. The van der Waals surface area contributed by atoms with Crippen LogP contribution in [0.15, 0.2) is 30.3 Å². The first-order chi connectivity index (χ1) is 12.6. The summed E-state index contributed by atoms with van der Waals surface area (Å²) in [6.45, 7) is 7.41. The third-order valence-electron chi connectivity index (χ3n) is 5.79. The van der Waals surface area contributed by atoms with Crippen molar-refractivity contribution in [1.82, 2.24) is 10.2 Å². The summed E-state index contributed by atoms with van der Waals surface area (Å²) in [6, 6.07) is 8.87. The van der Waals surface area contributed by atoms with Gasteiger partial charge in [0.1, 0.15) is 5.54 Å². The van der Waals surface area contributed by atoms with Crippen molar-refractivity contribution < 1.29 is 19.5 Å². The fourth-order valence-electron chi connectivity index (χ4n) is 4.60. The van der Waals surface area contributed by atoms with Crippen molar-refractivity contribution in [2.45, 2.75) is 64.1 Å². The van der Waals surface area contributed by atoms with Gasteiger partial charge in [0.2, 0.25) is 11.8 Å². The summed E-state index contributed by atoms with van der Waals surface area (Å²) >= 11 is 0. The Bertz CT molecular complexity index is 755. The Morgan fingerprint density at radius 1 is 1.19 bits per heavy atom. The van der Waals surface area contributed by atoms with Crippen LogP contribution in [-0.4, -0.2) is 38.9 Å². The highest BCUT2D eigenvalue weighted by atomic mass is 16.4. The number of hydrogen-bond donors (Lipinski definition) is 2. The van der Waals surface area contributed by atoms with Crippen LogP contribution in [0, 0.1) is 11.8 Å². The zero-order valence-corrected chi connectivity index (χ0v) is 16.4. The Morgan fingerprint density at radius 3 is 2.33 bits per heavy atom. The highest BCUT2D eigenvalue weighted by molar-refractivity contribution is 6.10. The van der Waals surface area contributed by atoms with E-state index in [1.165, 1.54) is 4.90 Å². The first kappa shape index (κ1) is 19.5. The molecule has 0 aromatic heterocycles. The average molecular weight is 372 g/mol.